The molecule has 1 unspecified atom stereocenters. The van der Waals surface area contributed by atoms with E-state index < -0.39 is 24.0 Å². The molecule has 7 N–H and O–H groups in total. The molecule has 1 amide bonds. The van der Waals surface area contributed by atoms with Gasteiger partial charge in [0, 0.05) is 12.2 Å². The summed E-state index contributed by atoms with van der Waals surface area (Å²) in [5.41, 5.74) is 7.94. The number of alkyl halides is 3. The van der Waals surface area contributed by atoms with Gasteiger partial charge in [0.2, 0.25) is 5.91 Å². The summed E-state index contributed by atoms with van der Waals surface area (Å²) in [7, 11) is 0. The van der Waals surface area contributed by atoms with Crippen LogP contribution in [-0.4, -0.2) is 46.7 Å². The van der Waals surface area contributed by atoms with Crippen molar-refractivity contribution in [1.82, 2.24) is 5.32 Å². The average Bonchev–Trinajstić information content (AvgIpc) is 2.67. The molecule has 1 aromatic rings. The van der Waals surface area contributed by atoms with Gasteiger partial charge in [-0.1, -0.05) is 24.3 Å². The largest absolute Gasteiger partial charge is 0.490 e. The highest BCUT2D eigenvalue weighted by Crippen LogP contribution is 2.28. The Kier molecular flexibility index (Phi) is 10.2. The molecule has 1 heterocycles. The maximum Gasteiger partial charge on any atom is 0.490 e. The maximum atomic E-state index is 12.0. The van der Waals surface area contributed by atoms with E-state index in [-0.39, 0.29) is 18.3 Å². The Morgan fingerprint density at radius 3 is 2.50 bits per heavy atom. The predicted molar refractivity (Wildman–Crippen MR) is 111 cm³/mol. The van der Waals surface area contributed by atoms with Crippen LogP contribution in [0.1, 0.15) is 36.8 Å². The number of carbonyl (C=O) groups is 3. The third kappa shape index (κ3) is 9.96. The first-order valence-corrected chi connectivity index (χ1v) is 9.60. The number of allylic oxidation sites excluding steroid dienone is 1. The number of carboxylic acids is 2. The van der Waals surface area contributed by atoms with E-state index in [9.17, 15) is 22.8 Å². The van der Waals surface area contributed by atoms with Crippen LogP contribution < -0.4 is 16.4 Å². The van der Waals surface area contributed by atoms with Crippen LogP contribution in [0, 0.1) is 11.3 Å². The Hall–Kier alpha value is -3.57. The number of benzene rings is 1. The molecule has 1 aliphatic rings. The van der Waals surface area contributed by atoms with Gasteiger partial charge in [-0.05, 0) is 42.9 Å². The fraction of sp³-hybridized carbons (Fsp3) is 0.400. The third-order valence-electron chi connectivity index (χ3n) is 4.32. The number of guanidine groups is 1. The molecule has 0 radical (unpaired) electrons. The fourth-order valence-corrected chi connectivity index (χ4v) is 2.79. The molecule has 0 saturated carbocycles. The number of amides is 1. The monoisotopic (exact) mass is 458 g/mol. The lowest BCUT2D eigenvalue weighted by atomic mass is 9.90. The molecule has 2 rings (SSSR count). The number of carbonyl (C=O) groups excluding carboxylic acids is 1. The molecule has 12 heteroatoms. The van der Waals surface area contributed by atoms with Crippen LogP contribution in [0.2, 0.25) is 0 Å². The number of nitrogens with two attached hydrogens (primary N) is 1. The summed E-state index contributed by atoms with van der Waals surface area (Å²) in [5, 5.41) is 28.6. The minimum Gasteiger partial charge on any atom is -0.481 e. The number of hydrogen-bond acceptors (Lipinski definition) is 4. The zero-order chi connectivity index (χ0) is 24.3. The average molecular weight is 458 g/mol. The van der Waals surface area contributed by atoms with Crippen LogP contribution in [0.3, 0.4) is 0 Å². The summed E-state index contributed by atoms with van der Waals surface area (Å²) in [6.45, 7) is 0.700. The summed E-state index contributed by atoms with van der Waals surface area (Å²) < 4.78 is 31.7. The highest BCUT2D eigenvalue weighted by Gasteiger charge is 2.38. The maximum absolute atomic E-state index is 12.0. The first-order chi connectivity index (χ1) is 14.9. The molecule has 0 saturated heterocycles. The van der Waals surface area contributed by atoms with E-state index in [1.54, 1.807) is 0 Å². The van der Waals surface area contributed by atoms with Crippen molar-refractivity contribution in [2.45, 2.75) is 38.3 Å². The number of nitrogens with one attached hydrogen (secondary N) is 3. The van der Waals surface area contributed by atoms with Crippen LogP contribution >= 0.6 is 0 Å². The van der Waals surface area contributed by atoms with Crippen LogP contribution in [0.25, 0.3) is 6.08 Å². The minimum atomic E-state index is -5.08. The van der Waals surface area contributed by atoms with Crippen molar-refractivity contribution in [1.29, 1.82) is 5.41 Å². The molecule has 1 atom stereocenters. The van der Waals surface area contributed by atoms with E-state index in [2.05, 4.69) is 16.7 Å². The highest BCUT2D eigenvalue weighted by molar-refractivity contribution is 5.97. The fourth-order valence-electron chi connectivity index (χ4n) is 2.79. The molecule has 1 aliphatic heterocycles. The quantitative estimate of drug-likeness (QED) is 0.198. The normalized spacial score (nSPS) is 15.2. The Morgan fingerprint density at radius 2 is 1.94 bits per heavy atom. The summed E-state index contributed by atoms with van der Waals surface area (Å²) in [4.78, 5) is 31.7. The van der Waals surface area contributed by atoms with Crippen molar-refractivity contribution in [3.05, 3.63) is 35.4 Å². The molecule has 0 fully saturated rings. The lowest BCUT2D eigenvalue weighted by Crippen LogP contribution is -2.31. The lowest BCUT2D eigenvalue weighted by molar-refractivity contribution is -0.192. The van der Waals surface area contributed by atoms with Crippen molar-refractivity contribution >= 4 is 35.6 Å². The second-order valence-electron chi connectivity index (χ2n) is 6.95. The Morgan fingerprint density at radius 1 is 1.28 bits per heavy atom. The topological polar surface area (TPSA) is 166 Å². The van der Waals surface area contributed by atoms with Crippen molar-refractivity contribution in [3.8, 4) is 0 Å². The van der Waals surface area contributed by atoms with Gasteiger partial charge in [0.15, 0.2) is 5.96 Å². The molecular formula is C20H25F3N4O5. The van der Waals surface area contributed by atoms with Gasteiger partial charge in [-0.2, -0.15) is 13.2 Å². The molecule has 9 nitrogen and oxygen atoms in total. The van der Waals surface area contributed by atoms with Gasteiger partial charge >= 0.3 is 18.1 Å². The van der Waals surface area contributed by atoms with E-state index >= 15 is 0 Å². The molecule has 0 bridgehead atoms. The van der Waals surface area contributed by atoms with Crippen LogP contribution in [-0.2, 0) is 20.8 Å². The van der Waals surface area contributed by atoms with E-state index in [1.165, 1.54) is 0 Å². The van der Waals surface area contributed by atoms with Gasteiger partial charge in [0.1, 0.15) is 0 Å². The summed E-state index contributed by atoms with van der Waals surface area (Å²) in [6, 6.07) is 5.83. The van der Waals surface area contributed by atoms with Crippen LogP contribution in [0.5, 0.6) is 0 Å². The van der Waals surface area contributed by atoms with Crippen LogP contribution in [0.15, 0.2) is 24.3 Å². The molecule has 32 heavy (non-hydrogen) atoms. The second-order valence-corrected chi connectivity index (χ2v) is 6.95. The van der Waals surface area contributed by atoms with Gasteiger partial charge in [-0.25, -0.2) is 4.79 Å². The Balaban J connectivity index is 0.000000633. The standard InChI is InChI=1S/C18H24N4O3.C2HF3O2/c19-18(20)21-8-4-2-1-3-5-12-6-7-13-10-14(11-16(23)24)17(25)22-15(13)9-12;3-2(4,5)1(6)7/h3,5-7,9,14H,1-2,4,8,10-11H2,(H,22,25)(H,23,24)(H4,19,20,21);(H,6,7)/b5-3+;. The molecule has 1 aromatic carbocycles. The molecule has 0 aromatic heterocycles. The summed E-state index contributed by atoms with van der Waals surface area (Å²) in [6.07, 6.45) is 2.17. The number of anilines is 1. The van der Waals surface area contributed by atoms with Crippen LogP contribution in [0.4, 0.5) is 18.9 Å². The third-order valence-corrected chi connectivity index (χ3v) is 4.32. The number of aliphatic carboxylic acids is 2. The lowest BCUT2D eigenvalue weighted by Gasteiger charge is -2.23. The molecule has 0 spiro atoms. The van der Waals surface area contributed by atoms with Crippen molar-refractivity contribution in [2.75, 3.05) is 11.9 Å². The Bertz CT molecular complexity index is 871. The smallest absolute Gasteiger partial charge is 0.481 e. The molecule has 0 aliphatic carbocycles. The van der Waals surface area contributed by atoms with Crippen molar-refractivity contribution in [2.24, 2.45) is 11.7 Å². The van der Waals surface area contributed by atoms with Gasteiger partial charge in [0.05, 0.1) is 12.3 Å². The van der Waals surface area contributed by atoms with E-state index in [4.69, 9.17) is 26.2 Å². The SMILES string of the molecule is N=C(N)NCCCC/C=C/c1ccc2c(c1)NC(=O)C(CC(=O)O)C2.O=C(O)C(F)(F)F. The predicted octanol–water partition coefficient (Wildman–Crippen LogP) is 2.57. The first kappa shape index (κ1) is 26.5. The number of carboxylic acid groups (broad SMARTS) is 2. The number of fused-ring (bicyclic) bond motifs is 1. The second kappa shape index (κ2) is 12.3. The number of rotatable bonds is 8. The molecular weight excluding hydrogens is 433 g/mol. The number of halogens is 3. The summed E-state index contributed by atoms with van der Waals surface area (Å²) in [5.74, 6) is -4.45. The summed E-state index contributed by atoms with van der Waals surface area (Å²) >= 11 is 0. The zero-order valence-corrected chi connectivity index (χ0v) is 17.0. The number of hydrogen-bond donors (Lipinski definition) is 6. The minimum absolute atomic E-state index is 0.00255. The van der Waals surface area contributed by atoms with E-state index in [0.29, 0.717) is 13.0 Å². The molecule has 176 valence electrons. The van der Waals surface area contributed by atoms with Crippen molar-refractivity contribution in [3.63, 3.8) is 0 Å². The van der Waals surface area contributed by atoms with Gasteiger partial charge in [-0.15, -0.1) is 0 Å². The van der Waals surface area contributed by atoms with E-state index in [0.717, 1.165) is 36.1 Å². The zero-order valence-electron chi connectivity index (χ0n) is 17.0. The Labute approximate surface area is 182 Å². The van der Waals surface area contributed by atoms with Gasteiger partial charge in [-0.3, -0.25) is 15.0 Å². The van der Waals surface area contributed by atoms with E-state index in [1.807, 2.05) is 24.3 Å². The van der Waals surface area contributed by atoms with Gasteiger partial charge in [0.25, 0.3) is 0 Å². The number of unbranched alkanes of at least 4 members (excludes halogenated alkanes) is 2. The van der Waals surface area contributed by atoms with Crippen molar-refractivity contribution < 1.29 is 37.8 Å². The van der Waals surface area contributed by atoms with Gasteiger partial charge < -0.3 is 26.6 Å². The highest BCUT2D eigenvalue weighted by atomic mass is 19.4. The first-order valence-electron chi connectivity index (χ1n) is 9.60.